The summed E-state index contributed by atoms with van der Waals surface area (Å²) in [6, 6.07) is 4.32. The second-order valence-corrected chi connectivity index (χ2v) is 10.7. The molecule has 0 spiro atoms. The third kappa shape index (κ3) is 4.62. The van der Waals surface area contributed by atoms with E-state index in [0.717, 1.165) is 0 Å². The van der Waals surface area contributed by atoms with Gasteiger partial charge < -0.3 is 5.11 Å². The first-order valence-electron chi connectivity index (χ1n) is 6.09. The van der Waals surface area contributed by atoms with Gasteiger partial charge in [-0.05, 0) is 54.9 Å². The van der Waals surface area contributed by atoms with Gasteiger partial charge in [-0.15, -0.1) is 0 Å². The average molecular weight is 397 g/mol. The summed E-state index contributed by atoms with van der Waals surface area (Å²) in [5.74, 6) is -1.40. The first-order chi connectivity index (χ1) is 9.45. The Morgan fingerprint density at radius 2 is 1.90 bits per heavy atom. The Kier molecular flexibility index (Phi) is 5.74. The van der Waals surface area contributed by atoms with E-state index in [2.05, 4.69) is 15.9 Å². The normalized spacial score (nSPS) is 13.9. The number of hydrogen-bond acceptors (Lipinski definition) is 4. The zero-order chi connectivity index (χ0) is 16.4. The van der Waals surface area contributed by atoms with Crippen molar-refractivity contribution in [2.45, 2.75) is 30.4 Å². The third-order valence-corrected chi connectivity index (χ3v) is 7.81. The average Bonchev–Trinajstić information content (AvgIpc) is 2.34. The lowest BCUT2D eigenvalue weighted by atomic mass is 10.2. The van der Waals surface area contributed by atoms with Gasteiger partial charge in [0.1, 0.15) is 0 Å². The highest BCUT2D eigenvalue weighted by molar-refractivity contribution is 9.10. The fourth-order valence-corrected chi connectivity index (χ4v) is 4.64. The van der Waals surface area contributed by atoms with Crippen molar-refractivity contribution >= 4 is 42.5 Å². The highest BCUT2D eigenvalue weighted by Crippen LogP contribution is 2.21. The number of carboxylic acids is 1. The van der Waals surface area contributed by atoms with Crippen LogP contribution in [0.2, 0.25) is 0 Å². The number of aromatic carboxylic acids is 1. The number of sulfone groups is 1. The number of halogens is 1. The smallest absolute Gasteiger partial charge is 0.336 e. The third-order valence-electron chi connectivity index (χ3n) is 2.90. The Morgan fingerprint density at radius 3 is 2.38 bits per heavy atom. The van der Waals surface area contributed by atoms with Gasteiger partial charge in [0.15, 0.2) is 9.84 Å². The molecule has 118 valence electrons. The van der Waals surface area contributed by atoms with E-state index in [9.17, 15) is 17.4 Å². The van der Waals surface area contributed by atoms with Gasteiger partial charge in [-0.2, -0.15) is 0 Å². The minimum Gasteiger partial charge on any atom is -0.478 e. The summed E-state index contributed by atoms with van der Waals surface area (Å²) >= 11 is 3.10. The van der Waals surface area contributed by atoms with Gasteiger partial charge in [-0.3, -0.25) is 4.21 Å². The van der Waals surface area contributed by atoms with E-state index < -0.39 is 31.4 Å². The molecule has 0 aliphatic rings. The zero-order valence-electron chi connectivity index (χ0n) is 11.9. The molecule has 0 bridgehead atoms. The molecule has 21 heavy (non-hydrogen) atoms. The summed E-state index contributed by atoms with van der Waals surface area (Å²) < 4.78 is 35.6. The molecule has 1 aromatic rings. The molecule has 8 heteroatoms. The summed E-state index contributed by atoms with van der Waals surface area (Å²) in [6.07, 6.45) is 0. The van der Waals surface area contributed by atoms with E-state index in [1.807, 2.05) is 0 Å². The van der Waals surface area contributed by atoms with E-state index in [1.54, 1.807) is 20.8 Å². The van der Waals surface area contributed by atoms with Crippen LogP contribution in [0, 0.1) is 0 Å². The fourth-order valence-electron chi connectivity index (χ4n) is 1.42. The molecule has 0 saturated heterocycles. The molecular formula is C13H17BrO5S2. The van der Waals surface area contributed by atoms with Crippen LogP contribution in [0.5, 0.6) is 0 Å². The Labute approximate surface area is 135 Å². The molecule has 0 radical (unpaired) electrons. The molecule has 0 aliphatic heterocycles. The highest BCUT2D eigenvalue weighted by Gasteiger charge is 2.29. The molecule has 1 atom stereocenters. The minimum absolute atomic E-state index is 0.000437. The van der Waals surface area contributed by atoms with Crippen LogP contribution in [0.25, 0.3) is 0 Å². The maximum absolute atomic E-state index is 12.1. The van der Waals surface area contributed by atoms with E-state index in [4.69, 9.17) is 5.11 Å². The van der Waals surface area contributed by atoms with Gasteiger partial charge in [0.25, 0.3) is 0 Å². The molecule has 1 N–H and O–H groups in total. The van der Waals surface area contributed by atoms with Crippen LogP contribution in [0.3, 0.4) is 0 Å². The number of hydrogen-bond donors (Lipinski definition) is 1. The number of rotatable bonds is 5. The Balaban J connectivity index is 2.92. The first-order valence-corrected chi connectivity index (χ1v) is 9.85. The van der Waals surface area contributed by atoms with Crippen molar-refractivity contribution in [3.05, 3.63) is 28.2 Å². The van der Waals surface area contributed by atoms with Crippen molar-refractivity contribution in [2.75, 3.05) is 11.5 Å². The zero-order valence-corrected chi connectivity index (χ0v) is 15.1. The maximum atomic E-state index is 12.1. The van der Waals surface area contributed by atoms with Crippen molar-refractivity contribution < 1.29 is 22.5 Å². The molecule has 1 aromatic carbocycles. The van der Waals surface area contributed by atoms with Crippen LogP contribution in [0.15, 0.2) is 27.6 Å². The molecule has 0 fully saturated rings. The highest BCUT2D eigenvalue weighted by atomic mass is 79.9. The van der Waals surface area contributed by atoms with Crippen LogP contribution in [-0.4, -0.2) is 40.0 Å². The summed E-state index contributed by atoms with van der Waals surface area (Å²) in [4.78, 5) is 11.3. The summed E-state index contributed by atoms with van der Waals surface area (Å²) in [6.45, 7) is 4.77. The second-order valence-electron chi connectivity index (χ2n) is 5.43. The topological polar surface area (TPSA) is 88.5 Å². The van der Waals surface area contributed by atoms with Crippen molar-refractivity contribution in [1.29, 1.82) is 0 Å². The summed E-state index contributed by atoms with van der Waals surface area (Å²) in [5, 5.41) is 9.01. The molecule has 1 rings (SSSR count). The van der Waals surface area contributed by atoms with E-state index >= 15 is 0 Å². The lowest BCUT2D eigenvalue weighted by molar-refractivity contribution is 0.0695. The standard InChI is InChI=1S/C13H17BrO5S2/c1-13(2,3)21(18,19)7-6-20(17)9-4-5-11(14)10(8-9)12(15)16/h4-5,8H,6-7H2,1-3H3,(H,15,16). The maximum Gasteiger partial charge on any atom is 0.336 e. The van der Waals surface area contributed by atoms with Gasteiger partial charge in [-0.1, -0.05) is 0 Å². The number of benzene rings is 1. The Hall–Kier alpha value is -0.730. The van der Waals surface area contributed by atoms with Crippen molar-refractivity contribution in [3.63, 3.8) is 0 Å². The summed E-state index contributed by atoms with van der Waals surface area (Å²) in [7, 11) is -4.92. The predicted molar refractivity (Wildman–Crippen MR) is 85.9 cm³/mol. The Bertz CT molecular complexity index is 674. The molecule has 1 unspecified atom stereocenters. The molecule has 0 heterocycles. The lowest BCUT2D eigenvalue weighted by Gasteiger charge is -2.18. The monoisotopic (exact) mass is 396 g/mol. The minimum atomic E-state index is -3.35. The molecule has 0 saturated carbocycles. The summed E-state index contributed by atoms with van der Waals surface area (Å²) in [5.41, 5.74) is -0.000437. The van der Waals surface area contributed by atoms with E-state index in [1.165, 1.54) is 18.2 Å². The second kappa shape index (κ2) is 6.58. The predicted octanol–water partition coefficient (Wildman–Crippen LogP) is 2.47. The lowest BCUT2D eigenvalue weighted by Crippen LogP contribution is -2.32. The molecule has 0 amide bonds. The van der Waals surface area contributed by atoms with Gasteiger partial charge in [0.05, 0.1) is 26.9 Å². The first kappa shape index (κ1) is 18.3. The molecule has 5 nitrogen and oxygen atoms in total. The van der Waals surface area contributed by atoms with Crippen LogP contribution >= 0.6 is 15.9 Å². The van der Waals surface area contributed by atoms with E-state index in [0.29, 0.717) is 9.37 Å². The Morgan fingerprint density at radius 1 is 1.33 bits per heavy atom. The van der Waals surface area contributed by atoms with Gasteiger partial charge in [-0.25, -0.2) is 13.2 Å². The van der Waals surface area contributed by atoms with E-state index in [-0.39, 0.29) is 17.1 Å². The van der Waals surface area contributed by atoms with Crippen LogP contribution in [0.1, 0.15) is 31.1 Å². The number of carboxylic acid groups (broad SMARTS) is 1. The molecule has 0 aliphatic carbocycles. The van der Waals surface area contributed by atoms with Crippen molar-refractivity contribution in [3.8, 4) is 0 Å². The van der Waals surface area contributed by atoms with Crippen molar-refractivity contribution in [1.82, 2.24) is 0 Å². The van der Waals surface area contributed by atoms with Crippen molar-refractivity contribution in [2.24, 2.45) is 0 Å². The van der Waals surface area contributed by atoms with Crippen LogP contribution in [-0.2, 0) is 20.6 Å². The van der Waals surface area contributed by atoms with Gasteiger partial charge in [0, 0.05) is 15.1 Å². The van der Waals surface area contributed by atoms with Crippen LogP contribution < -0.4 is 0 Å². The largest absolute Gasteiger partial charge is 0.478 e. The molecular weight excluding hydrogens is 380 g/mol. The van der Waals surface area contributed by atoms with Gasteiger partial charge in [0.2, 0.25) is 0 Å². The van der Waals surface area contributed by atoms with Gasteiger partial charge >= 0.3 is 5.97 Å². The van der Waals surface area contributed by atoms with Crippen LogP contribution in [0.4, 0.5) is 0 Å². The SMILES string of the molecule is CC(C)(C)S(=O)(=O)CCS(=O)c1ccc(Br)c(C(=O)O)c1. The molecule has 0 aromatic heterocycles. The number of carbonyl (C=O) groups is 1. The quantitative estimate of drug-likeness (QED) is 0.825. The fraction of sp³-hybridized carbons (Fsp3) is 0.462.